The minimum absolute atomic E-state index is 0.352. The SMILES string of the molecule is COc1cc2c(C(=O)NN)c[nH]c2cn1. The first-order valence-electron chi connectivity index (χ1n) is 4.28. The third kappa shape index (κ3) is 1.50. The van der Waals surface area contributed by atoms with Gasteiger partial charge in [-0.2, -0.15) is 0 Å². The van der Waals surface area contributed by atoms with Crippen molar-refractivity contribution >= 4 is 16.8 Å². The number of nitrogens with zero attached hydrogens (tertiary/aromatic N) is 1. The molecule has 1 amide bonds. The number of hydrazine groups is 1. The van der Waals surface area contributed by atoms with Crippen LogP contribution in [0.4, 0.5) is 0 Å². The van der Waals surface area contributed by atoms with Crippen molar-refractivity contribution in [2.45, 2.75) is 0 Å². The molecule has 0 saturated heterocycles. The van der Waals surface area contributed by atoms with Gasteiger partial charge in [0, 0.05) is 17.6 Å². The molecule has 0 aliphatic carbocycles. The van der Waals surface area contributed by atoms with E-state index in [1.54, 1.807) is 18.5 Å². The van der Waals surface area contributed by atoms with Crippen molar-refractivity contribution in [3.63, 3.8) is 0 Å². The highest BCUT2D eigenvalue weighted by molar-refractivity contribution is 6.06. The van der Waals surface area contributed by atoms with Crippen molar-refractivity contribution in [1.82, 2.24) is 15.4 Å². The lowest BCUT2D eigenvalue weighted by atomic mass is 10.2. The quantitative estimate of drug-likeness (QED) is 0.371. The number of aromatic nitrogens is 2. The summed E-state index contributed by atoms with van der Waals surface area (Å²) in [6.45, 7) is 0. The van der Waals surface area contributed by atoms with Crippen molar-refractivity contribution in [1.29, 1.82) is 0 Å². The average Bonchev–Trinajstić information content (AvgIpc) is 2.70. The van der Waals surface area contributed by atoms with E-state index in [4.69, 9.17) is 10.6 Å². The molecule has 0 aliphatic heterocycles. The molecule has 2 aromatic rings. The maximum Gasteiger partial charge on any atom is 0.267 e. The number of carbonyl (C=O) groups is 1. The Kier molecular flexibility index (Phi) is 2.26. The molecular formula is C9H10N4O2. The number of H-pyrrole nitrogens is 1. The van der Waals surface area contributed by atoms with Gasteiger partial charge in [-0.25, -0.2) is 10.8 Å². The van der Waals surface area contributed by atoms with Gasteiger partial charge >= 0.3 is 0 Å². The topological polar surface area (TPSA) is 93.0 Å². The molecule has 0 saturated carbocycles. The van der Waals surface area contributed by atoms with Gasteiger partial charge in [0.05, 0.1) is 24.4 Å². The minimum atomic E-state index is -0.352. The highest BCUT2D eigenvalue weighted by Gasteiger charge is 2.11. The summed E-state index contributed by atoms with van der Waals surface area (Å²) in [5.41, 5.74) is 3.30. The molecule has 2 aromatic heterocycles. The first-order chi connectivity index (χ1) is 7.26. The van der Waals surface area contributed by atoms with Crippen LogP contribution in [0.3, 0.4) is 0 Å². The van der Waals surface area contributed by atoms with Crippen LogP contribution in [0.25, 0.3) is 10.9 Å². The highest BCUT2D eigenvalue weighted by Crippen LogP contribution is 2.20. The zero-order valence-corrected chi connectivity index (χ0v) is 8.07. The second-order valence-corrected chi connectivity index (χ2v) is 2.95. The fraction of sp³-hybridized carbons (Fsp3) is 0.111. The molecule has 4 N–H and O–H groups in total. The molecule has 0 spiro atoms. The van der Waals surface area contributed by atoms with Crippen LogP contribution < -0.4 is 16.0 Å². The molecule has 0 aliphatic rings. The maximum absolute atomic E-state index is 11.4. The first kappa shape index (κ1) is 9.47. The summed E-state index contributed by atoms with van der Waals surface area (Å²) in [4.78, 5) is 18.3. The summed E-state index contributed by atoms with van der Waals surface area (Å²) in [5, 5.41) is 0.727. The van der Waals surface area contributed by atoms with Gasteiger partial charge in [0.1, 0.15) is 0 Å². The predicted molar refractivity (Wildman–Crippen MR) is 54.3 cm³/mol. The van der Waals surface area contributed by atoms with Gasteiger partial charge in [-0.05, 0) is 0 Å². The third-order valence-electron chi connectivity index (χ3n) is 2.13. The highest BCUT2D eigenvalue weighted by atomic mass is 16.5. The van der Waals surface area contributed by atoms with Crippen LogP contribution in [0, 0.1) is 0 Å². The summed E-state index contributed by atoms with van der Waals surface area (Å²) < 4.78 is 4.97. The van der Waals surface area contributed by atoms with Crippen LogP contribution in [0.2, 0.25) is 0 Å². The summed E-state index contributed by atoms with van der Waals surface area (Å²) in [6, 6.07) is 1.68. The van der Waals surface area contributed by atoms with E-state index in [1.165, 1.54) is 7.11 Å². The lowest BCUT2D eigenvalue weighted by Crippen LogP contribution is -2.29. The Morgan fingerprint density at radius 2 is 2.47 bits per heavy atom. The van der Waals surface area contributed by atoms with Gasteiger partial charge in [0.2, 0.25) is 5.88 Å². The molecule has 0 bridgehead atoms. The van der Waals surface area contributed by atoms with Crippen LogP contribution in [0.5, 0.6) is 5.88 Å². The summed E-state index contributed by atoms with van der Waals surface area (Å²) >= 11 is 0. The van der Waals surface area contributed by atoms with Crippen LogP contribution >= 0.6 is 0 Å². The third-order valence-corrected chi connectivity index (χ3v) is 2.13. The number of nitrogens with one attached hydrogen (secondary N) is 2. The molecule has 6 heteroatoms. The molecule has 0 fully saturated rings. The maximum atomic E-state index is 11.4. The Morgan fingerprint density at radius 1 is 1.67 bits per heavy atom. The number of rotatable bonds is 2. The number of amides is 1. The predicted octanol–water partition coefficient (Wildman–Crippen LogP) is 0.175. The average molecular weight is 206 g/mol. The van der Waals surface area contributed by atoms with Crippen LogP contribution in [-0.4, -0.2) is 23.0 Å². The van der Waals surface area contributed by atoms with Crippen molar-refractivity contribution in [2.75, 3.05) is 7.11 Å². The fourth-order valence-electron chi connectivity index (χ4n) is 1.38. The number of nitrogens with two attached hydrogens (primary N) is 1. The number of carbonyl (C=O) groups excluding carboxylic acids is 1. The molecule has 0 aromatic carbocycles. The van der Waals surface area contributed by atoms with E-state index >= 15 is 0 Å². The van der Waals surface area contributed by atoms with Crippen LogP contribution in [0.1, 0.15) is 10.4 Å². The van der Waals surface area contributed by atoms with E-state index < -0.39 is 0 Å². The van der Waals surface area contributed by atoms with Gasteiger partial charge in [0.25, 0.3) is 5.91 Å². The van der Waals surface area contributed by atoms with E-state index in [2.05, 4.69) is 15.4 Å². The Morgan fingerprint density at radius 3 is 3.13 bits per heavy atom. The van der Waals surface area contributed by atoms with E-state index in [9.17, 15) is 4.79 Å². The van der Waals surface area contributed by atoms with Crippen LogP contribution in [-0.2, 0) is 0 Å². The Labute approximate surface area is 85.4 Å². The lowest BCUT2D eigenvalue weighted by molar-refractivity contribution is 0.0955. The molecule has 78 valence electrons. The van der Waals surface area contributed by atoms with Crippen molar-refractivity contribution < 1.29 is 9.53 Å². The number of pyridine rings is 1. The first-order valence-corrected chi connectivity index (χ1v) is 4.28. The lowest BCUT2D eigenvalue weighted by Gasteiger charge is -1.99. The van der Waals surface area contributed by atoms with Crippen molar-refractivity contribution in [2.24, 2.45) is 5.84 Å². The fourth-order valence-corrected chi connectivity index (χ4v) is 1.38. The van der Waals surface area contributed by atoms with Crippen molar-refractivity contribution in [3.05, 3.63) is 24.0 Å². The molecule has 2 heterocycles. The van der Waals surface area contributed by atoms with Crippen LogP contribution in [0.15, 0.2) is 18.5 Å². The van der Waals surface area contributed by atoms with E-state index in [1.807, 2.05) is 0 Å². The molecule has 0 unspecified atom stereocenters. The number of ether oxygens (including phenoxy) is 1. The van der Waals surface area contributed by atoms with E-state index in [-0.39, 0.29) is 5.91 Å². The Bertz CT molecular complexity index is 506. The number of fused-ring (bicyclic) bond motifs is 1. The summed E-state index contributed by atoms with van der Waals surface area (Å²) in [5.74, 6) is 5.16. The standard InChI is InChI=1S/C9H10N4O2/c1-15-8-2-5-6(9(14)13-10)3-11-7(5)4-12-8/h2-4,11H,10H2,1H3,(H,13,14). The van der Waals surface area contributed by atoms with Gasteiger partial charge < -0.3 is 9.72 Å². The largest absolute Gasteiger partial charge is 0.481 e. The molecule has 6 nitrogen and oxygen atoms in total. The monoisotopic (exact) mass is 206 g/mol. The van der Waals surface area contributed by atoms with Gasteiger partial charge in [-0.15, -0.1) is 0 Å². The smallest absolute Gasteiger partial charge is 0.267 e. The molecule has 2 rings (SSSR count). The number of hydrogen-bond acceptors (Lipinski definition) is 4. The molecule has 15 heavy (non-hydrogen) atoms. The second kappa shape index (κ2) is 3.58. The molecule has 0 radical (unpaired) electrons. The number of nitrogen functional groups attached to an aromatic ring is 1. The zero-order chi connectivity index (χ0) is 10.8. The number of hydrogen-bond donors (Lipinski definition) is 3. The Hall–Kier alpha value is -2.08. The van der Waals surface area contributed by atoms with Gasteiger partial charge in [-0.3, -0.25) is 10.2 Å². The van der Waals surface area contributed by atoms with E-state index in [0.29, 0.717) is 11.4 Å². The van der Waals surface area contributed by atoms with Crippen molar-refractivity contribution in [3.8, 4) is 5.88 Å². The minimum Gasteiger partial charge on any atom is -0.481 e. The normalized spacial score (nSPS) is 10.3. The molecular weight excluding hydrogens is 196 g/mol. The van der Waals surface area contributed by atoms with Gasteiger partial charge in [-0.1, -0.05) is 0 Å². The van der Waals surface area contributed by atoms with E-state index in [0.717, 1.165) is 10.9 Å². The zero-order valence-electron chi connectivity index (χ0n) is 8.07. The Balaban J connectivity index is 2.61. The van der Waals surface area contributed by atoms with Gasteiger partial charge in [0.15, 0.2) is 0 Å². The number of aromatic amines is 1. The summed E-state index contributed by atoms with van der Waals surface area (Å²) in [6.07, 6.45) is 3.18. The summed E-state index contributed by atoms with van der Waals surface area (Å²) in [7, 11) is 1.52. The number of methoxy groups -OCH3 is 1. The second-order valence-electron chi connectivity index (χ2n) is 2.95. The molecule has 0 atom stereocenters.